The van der Waals surface area contributed by atoms with Crippen LogP contribution in [0, 0.1) is 5.82 Å². The number of nitrogens with two attached hydrogens (primary N) is 1. The number of H-pyrrole nitrogens is 1. The van der Waals surface area contributed by atoms with Crippen LogP contribution in [-0.2, 0) is 0 Å². The van der Waals surface area contributed by atoms with Crippen molar-refractivity contribution in [3.63, 3.8) is 0 Å². The van der Waals surface area contributed by atoms with Crippen molar-refractivity contribution in [2.75, 3.05) is 0 Å². The van der Waals surface area contributed by atoms with E-state index >= 15 is 0 Å². The summed E-state index contributed by atoms with van der Waals surface area (Å²) in [5.74, 6) is 0.946. The Morgan fingerprint density at radius 1 is 1.39 bits per heavy atom. The highest BCUT2D eigenvalue weighted by molar-refractivity contribution is 6.30. The Kier molecular flexibility index (Phi) is 2.84. The third kappa shape index (κ3) is 2.02. The summed E-state index contributed by atoms with van der Waals surface area (Å²) in [5, 5.41) is 0.508. The fourth-order valence-electron chi connectivity index (χ4n) is 2.27. The zero-order valence-electron chi connectivity index (χ0n) is 9.66. The molecule has 94 valence electrons. The summed E-state index contributed by atoms with van der Waals surface area (Å²) in [5.41, 5.74) is 6.86. The van der Waals surface area contributed by atoms with Crippen LogP contribution < -0.4 is 5.73 Å². The molecule has 1 aliphatic rings. The van der Waals surface area contributed by atoms with E-state index in [0.717, 1.165) is 18.7 Å². The Morgan fingerprint density at radius 2 is 2.17 bits per heavy atom. The first-order valence-corrected chi connectivity index (χ1v) is 6.27. The number of imidazole rings is 1. The normalized spacial score (nSPS) is 22.8. The maximum Gasteiger partial charge on any atom is 0.132 e. The fourth-order valence-corrected chi connectivity index (χ4v) is 2.44. The Labute approximate surface area is 109 Å². The molecule has 0 saturated heterocycles. The molecule has 0 aliphatic heterocycles. The van der Waals surface area contributed by atoms with Gasteiger partial charge in [-0.05, 0) is 31.0 Å². The summed E-state index contributed by atoms with van der Waals surface area (Å²) in [6.07, 6.45) is 3.52. The van der Waals surface area contributed by atoms with Gasteiger partial charge < -0.3 is 10.7 Å². The lowest BCUT2D eigenvalue weighted by molar-refractivity contribution is 0.340. The van der Waals surface area contributed by atoms with Crippen LogP contribution in [0.2, 0.25) is 5.02 Å². The number of rotatable bonds is 2. The van der Waals surface area contributed by atoms with E-state index < -0.39 is 0 Å². The third-order valence-electron chi connectivity index (χ3n) is 3.38. The molecule has 0 unspecified atom stereocenters. The lowest BCUT2D eigenvalue weighted by atomic mass is 9.80. The van der Waals surface area contributed by atoms with E-state index in [0.29, 0.717) is 22.2 Å². The molecule has 1 aromatic heterocycles. The highest BCUT2D eigenvalue weighted by atomic mass is 35.5. The molecular weight excluding hydrogens is 253 g/mol. The second-order valence-electron chi connectivity index (χ2n) is 4.73. The molecule has 0 amide bonds. The minimum atomic E-state index is -0.306. The summed E-state index contributed by atoms with van der Waals surface area (Å²) in [6.45, 7) is 0. The summed E-state index contributed by atoms with van der Waals surface area (Å²) in [7, 11) is 0. The van der Waals surface area contributed by atoms with E-state index in [1.807, 2.05) is 0 Å². The van der Waals surface area contributed by atoms with Gasteiger partial charge in [-0.15, -0.1) is 0 Å². The standard InChI is InChI=1S/C13H13ClFN3/c14-8-1-2-11(15)10(5-8)12-6-17-13(18-12)7-3-9(16)4-7/h1-2,5-7,9H,3-4,16H2,(H,17,18). The van der Waals surface area contributed by atoms with Crippen molar-refractivity contribution >= 4 is 11.6 Å². The molecule has 1 aliphatic carbocycles. The van der Waals surface area contributed by atoms with Crippen LogP contribution in [0.3, 0.4) is 0 Å². The lowest BCUT2D eigenvalue weighted by Crippen LogP contribution is -2.35. The summed E-state index contributed by atoms with van der Waals surface area (Å²) in [6, 6.07) is 4.76. The average Bonchev–Trinajstić information content (AvgIpc) is 2.77. The number of benzene rings is 1. The maximum absolute atomic E-state index is 13.7. The highest BCUT2D eigenvalue weighted by Crippen LogP contribution is 2.35. The first-order chi connectivity index (χ1) is 8.63. The van der Waals surface area contributed by atoms with Crippen LogP contribution in [0.5, 0.6) is 0 Å². The fraction of sp³-hybridized carbons (Fsp3) is 0.308. The summed E-state index contributed by atoms with van der Waals surface area (Å²) in [4.78, 5) is 7.45. The molecule has 3 N–H and O–H groups in total. The molecule has 5 heteroatoms. The van der Waals surface area contributed by atoms with E-state index in [1.54, 1.807) is 12.3 Å². The van der Waals surface area contributed by atoms with Crippen molar-refractivity contribution in [1.29, 1.82) is 0 Å². The SMILES string of the molecule is NC1CC(c2ncc(-c3cc(Cl)ccc3F)[nH]2)C1. The van der Waals surface area contributed by atoms with Gasteiger partial charge in [-0.1, -0.05) is 11.6 Å². The molecule has 3 rings (SSSR count). The van der Waals surface area contributed by atoms with Gasteiger partial charge in [0.2, 0.25) is 0 Å². The van der Waals surface area contributed by atoms with Crippen LogP contribution in [0.15, 0.2) is 24.4 Å². The lowest BCUT2D eigenvalue weighted by Gasteiger charge is -2.30. The summed E-state index contributed by atoms with van der Waals surface area (Å²) < 4.78 is 13.7. The molecule has 1 saturated carbocycles. The molecule has 2 aromatic rings. The number of aromatic amines is 1. The van der Waals surface area contributed by atoms with Gasteiger partial charge in [-0.2, -0.15) is 0 Å². The van der Waals surface area contributed by atoms with Crippen LogP contribution in [0.1, 0.15) is 24.6 Å². The first-order valence-electron chi connectivity index (χ1n) is 5.89. The van der Waals surface area contributed by atoms with E-state index in [4.69, 9.17) is 17.3 Å². The predicted octanol–water partition coefficient (Wildman–Crippen LogP) is 3.07. The maximum atomic E-state index is 13.7. The third-order valence-corrected chi connectivity index (χ3v) is 3.61. The van der Waals surface area contributed by atoms with E-state index in [1.165, 1.54) is 12.1 Å². The monoisotopic (exact) mass is 265 g/mol. The van der Waals surface area contributed by atoms with Gasteiger partial charge in [0, 0.05) is 22.5 Å². The molecule has 1 heterocycles. The smallest absolute Gasteiger partial charge is 0.132 e. The van der Waals surface area contributed by atoms with Gasteiger partial charge in [0.1, 0.15) is 11.6 Å². The number of hydrogen-bond acceptors (Lipinski definition) is 2. The van der Waals surface area contributed by atoms with Crippen molar-refractivity contribution in [3.05, 3.63) is 41.1 Å². The van der Waals surface area contributed by atoms with Gasteiger partial charge in [0.15, 0.2) is 0 Å². The molecule has 3 nitrogen and oxygen atoms in total. The van der Waals surface area contributed by atoms with E-state index in [9.17, 15) is 4.39 Å². The molecule has 0 spiro atoms. The van der Waals surface area contributed by atoms with Gasteiger partial charge in [-0.3, -0.25) is 0 Å². The molecular formula is C13H13ClFN3. The molecule has 18 heavy (non-hydrogen) atoms. The van der Waals surface area contributed by atoms with Crippen LogP contribution in [0.4, 0.5) is 4.39 Å². The van der Waals surface area contributed by atoms with E-state index in [-0.39, 0.29) is 11.9 Å². The van der Waals surface area contributed by atoms with E-state index in [2.05, 4.69) is 9.97 Å². The van der Waals surface area contributed by atoms with Crippen molar-refractivity contribution < 1.29 is 4.39 Å². The Balaban J connectivity index is 1.90. The van der Waals surface area contributed by atoms with Crippen molar-refractivity contribution in [1.82, 2.24) is 9.97 Å². The first kappa shape index (κ1) is 11.7. The Morgan fingerprint density at radius 3 is 2.89 bits per heavy atom. The summed E-state index contributed by atoms with van der Waals surface area (Å²) >= 11 is 5.88. The van der Waals surface area contributed by atoms with Crippen LogP contribution >= 0.6 is 11.6 Å². The second kappa shape index (κ2) is 4.37. The van der Waals surface area contributed by atoms with Crippen molar-refractivity contribution in [2.45, 2.75) is 24.8 Å². The van der Waals surface area contributed by atoms with Gasteiger partial charge >= 0.3 is 0 Å². The minimum Gasteiger partial charge on any atom is -0.342 e. The van der Waals surface area contributed by atoms with Gasteiger partial charge in [-0.25, -0.2) is 9.37 Å². The largest absolute Gasteiger partial charge is 0.342 e. The highest BCUT2D eigenvalue weighted by Gasteiger charge is 2.29. The van der Waals surface area contributed by atoms with Crippen molar-refractivity contribution in [2.24, 2.45) is 5.73 Å². The molecule has 0 radical (unpaired) electrons. The quantitative estimate of drug-likeness (QED) is 0.877. The number of halogens is 2. The minimum absolute atomic E-state index is 0.270. The molecule has 1 fully saturated rings. The van der Waals surface area contributed by atoms with Gasteiger partial charge in [0.25, 0.3) is 0 Å². The zero-order chi connectivity index (χ0) is 12.7. The van der Waals surface area contributed by atoms with Crippen LogP contribution in [-0.4, -0.2) is 16.0 Å². The average molecular weight is 266 g/mol. The second-order valence-corrected chi connectivity index (χ2v) is 5.17. The van der Waals surface area contributed by atoms with Crippen LogP contribution in [0.25, 0.3) is 11.3 Å². The number of hydrogen-bond donors (Lipinski definition) is 2. The number of nitrogens with zero attached hydrogens (tertiary/aromatic N) is 1. The molecule has 1 aromatic carbocycles. The molecule has 0 bridgehead atoms. The number of aromatic nitrogens is 2. The van der Waals surface area contributed by atoms with Crippen molar-refractivity contribution in [3.8, 4) is 11.3 Å². The number of nitrogens with one attached hydrogen (secondary N) is 1. The van der Waals surface area contributed by atoms with Gasteiger partial charge in [0.05, 0.1) is 11.9 Å². The Hall–Kier alpha value is -1.39. The zero-order valence-corrected chi connectivity index (χ0v) is 10.4. The predicted molar refractivity (Wildman–Crippen MR) is 68.9 cm³/mol. The molecule has 0 atom stereocenters. The topological polar surface area (TPSA) is 54.7 Å². The Bertz CT molecular complexity index is 575.